The third-order valence-corrected chi connectivity index (χ3v) is 7.02. The normalized spacial score (nSPS) is 30.2. The maximum absolute atomic E-state index is 9.73. The highest BCUT2D eigenvalue weighted by Gasteiger charge is 2.38. The van der Waals surface area contributed by atoms with Gasteiger partial charge in [-0.3, -0.25) is 9.80 Å². The van der Waals surface area contributed by atoms with Gasteiger partial charge in [0, 0.05) is 50.2 Å². The first-order valence-corrected chi connectivity index (χ1v) is 10.8. The van der Waals surface area contributed by atoms with Gasteiger partial charge in [0.1, 0.15) is 5.60 Å². The van der Waals surface area contributed by atoms with Crippen molar-refractivity contribution in [2.24, 2.45) is 5.92 Å². The number of aliphatic hydroxyl groups is 1. The van der Waals surface area contributed by atoms with Crippen LogP contribution in [0.1, 0.15) is 36.4 Å². The molecule has 0 unspecified atom stereocenters. The Morgan fingerprint density at radius 2 is 1.85 bits per heavy atom. The van der Waals surface area contributed by atoms with Crippen molar-refractivity contribution in [3.8, 4) is 11.8 Å². The molecule has 2 bridgehead atoms. The van der Waals surface area contributed by atoms with Crippen LogP contribution in [0.3, 0.4) is 0 Å². The predicted octanol–water partition coefficient (Wildman–Crippen LogP) is 2.08. The van der Waals surface area contributed by atoms with Crippen molar-refractivity contribution >= 4 is 11.3 Å². The lowest BCUT2D eigenvalue weighted by Gasteiger charge is -2.51. The Morgan fingerprint density at radius 3 is 2.46 bits per heavy atom. The third kappa shape index (κ3) is 4.49. The van der Waals surface area contributed by atoms with Crippen LogP contribution in [0.4, 0.5) is 0 Å². The van der Waals surface area contributed by atoms with Crippen LogP contribution < -0.4 is 0 Å². The molecule has 5 heterocycles. The Labute approximate surface area is 161 Å². The minimum absolute atomic E-state index is 0.810. The molecule has 4 aliphatic rings. The van der Waals surface area contributed by atoms with Crippen molar-refractivity contribution in [3.63, 3.8) is 0 Å². The summed E-state index contributed by atoms with van der Waals surface area (Å²) in [5.41, 5.74) is -0.921. The lowest BCUT2D eigenvalue weighted by atomic mass is 9.83. The van der Waals surface area contributed by atoms with Gasteiger partial charge in [-0.2, -0.15) is 0 Å². The summed E-state index contributed by atoms with van der Waals surface area (Å²) in [7, 11) is 0. The Balaban J connectivity index is 1.28. The van der Waals surface area contributed by atoms with E-state index in [0.29, 0.717) is 0 Å². The second kappa shape index (κ2) is 7.61. The Bertz CT molecular complexity index is 667. The highest BCUT2D eigenvalue weighted by atomic mass is 32.1. The Kier molecular flexibility index (Phi) is 5.41. The zero-order chi connectivity index (χ0) is 18.1. The topological polar surface area (TPSA) is 30.0 Å². The monoisotopic (exact) mass is 373 g/mol. The third-order valence-electron chi connectivity index (χ3n) is 6.03. The highest BCUT2D eigenvalue weighted by molar-refractivity contribution is 7.12. The quantitative estimate of drug-likeness (QED) is 0.822. The van der Waals surface area contributed by atoms with E-state index in [0.717, 1.165) is 23.4 Å². The lowest BCUT2D eigenvalue weighted by Crippen LogP contribution is -2.60. The molecule has 1 N–H and O–H groups in total. The van der Waals surface area contributed by atoms with Crippen LogP contribution >= 0.6 is 11.3 Å². The summed E-state index contributed by atoms with van der Waals surface area (Å²) < 4.78 is 0. The standard InChI is InChI=1S/C21H31N3OS/c1-21(2,25)8-5-18-3-4-19(26-18)15-23-11-13-24(14-12-23)20-16-22-9-6-17(20)7-10-22/h3-4,17,20,25H,6-7,9-16H2,1-2H3/t20-/m0/s1. The maximum Gasteiger partial charge on any atom is 0.120 e. The van der Waals surface area contributed by atoms with E-state index in [1.807, 2.05) is 0 Å². The largest absolute Gasteiger partial charge is 0.378 e. The molecular formula is C21H31N3OS. The van der Waals surface area contributed by atoms with E-state index in [4.69, 9.17) is 0 Å². The van der Waals surface area contributed by atoms with Crippen molar-refractivity contribution in [2.45, 2.75) is 44.9 Å². The van der Waals surface area contributed by atoms with Gasteiger partial charge in [0.2, 0.25) is 0 Å². The van der Waals surface area contributed by atoms with E-state index in [1.165, 1.54) is 63.5 Å². The fraction of sp³-hybridized carbons (Fsp3) is 0.714. The Hall–Kier alpha value is -0.900. The van der Waals surface area contributed by atoms with Gasteiger partial charge in [0.25, 0.3) is 0 Å². The molecule has 4 fully saturated rings. The van der Waals surface area contributed by atoms with Crippen LogP contribution in [0.15, 0.2) is 12.1 Å². The van der Waals surface area contributed by atoms with Crippen LogP contribution in [-0.4, -0.2) is 77.3 Å². The number of thiophene rings is 1. The molecule has 26 heavy (non-hydrogen) atoms. The fourth-order valence-electron chi connectivity index (χ4n) is 4.57. The number of fused-ring (bicyclic) bond motifs is 3. The second-order valence-electron chi connectivity index (χ2n) is 8.59. The van der Waals surface area contributed by atoms with Crippen molar-refractivity contribution in [1.29, 1.82) is 0 Å². The fourth-order valence-corrected chi connectivity index (χ4v) is 5.47. The van der Waals surface area contributed by atoms with Crippen molar-refractivity contribution in [3.05, 3.63) is 21.9 Å². The molecule has 0 spiro atoms. The van der Waals surface area contributed by atoms with Crippen LogP contribution in [0.2, 0.25) is 0 Å². The molecule has 0 radical (unpaired) electrons. The number of rotatable bonds is 3. The first-order chi connectivity index (χ1) is 12.5. The summed E-state index contributed by atoms with van der Waals surface area (Å²) in [4.78, 5) is 10.4. The van der Waals surface area contributed by atoms with E-state index in [1.54, 1.807) is 25.2 Å². The highest BCUT2D eigenvalue weighted by Crippen LogP contribution is 2.31. The maximum atomic E-state index is 9.73. The van der Waals surface area contributed by atoms with Crippen LogP contribution in [0.25, 0.3) is 0 Å². The van der Waals surface area contributed by atoms with Crippen LogP contribution in [-0.2, 0) is 6.54 Å². The van der Waals surface area contributed by atoms with E-state index in [-0.39, 0.29) is 0 Å². The van der Waals surface area contributed by atoms with Gasteiger partial charge < -0.3 is 10.0 Å². The summed E-state index contributed by atoms with van der Waals surface area (Å²) in [5.74, 6) is 6.94. The summed E-state index contributed by atoms with van der Waals surface area (Å²) >= 11 is 1.76. The van der Waals surface area contributed by atoms with Gasteiger partial charge in [0.15, 0.2) is 0 Å². The van der Waals surface area contributed by atoms with Crippen LogP contribution in [0.5, 0.6) is 0 Å². The summed E-state index contributed by atoms with van der Waals surface area (Å²) in [5, 5.41) is 9.73. The lowest BCUT2D eigenvalue weighted by molar-refractivity contribution is -0.0161. The predicted molar refractivity (Wildman–Crippen MR) is 107 cm³/mol. The molecule has 0 amide bonds. The number of piperidine rings is 3. The molecule has 4 saturated heterocycles. The minimum Gasteiger partial charge on any atom is -0.378 e. The molecular weight excluding hydrogens is 342 g/mol. The van der Waals surface area contributed by atoms with E-state index in [9.17, 15) is 5.11 Å². The van der Waals surface area contributed by atoms with Gasteiger partial charge in [-0.15, -0.1) is 11.3 Å². The molecule has 0 aliphatic carbocycles. The molecule has 1 aromatic rings. The first-order valence-electron chi connectivity index (χ1n) is 9.99. The molecule has 142 valence electrons. The van der Waals surface area contributed by atoms with Gasteiger partial charge in [-0.05, 0) is 57.8 Å². The summed E-state index contributed by atoms with van der Waals surface area (Å²) in [6.07, 6.45) is 2.82. The van der Waals surface area contributed by atoms with Crippen molar-refractivity contribution < 1.29 is 5.11 Å². The molecule has 5 heteroatoms. The Morgan fingerprint density at radius 1 is 1.12 bits per heavy atom. The molecule has 4 nitrogen and oxygen atoms in total. The molecule has 1 atom stereocenters. The van der Waals surface area contributed by atoms with Gasteiger partial charge in [0.05, 0.1) is 4.88 Å². The summed E-state index contributed by atoms with van der Waals surface area (Å²) in [6, 6.07) is 5.09. The molecule has 5 rings (SSSR count). The van der Waals surface area contributed by atoms with Crippen molar-refractivity contribution in [2.75, 3.05) is 45.8 Å². The number of hydrogen-bond donors (Lipinski definition) is 1. The van der Waals surface area contributed by atoms with Gasteiger partial charge in [-0.25, -0.2) is 0 Å². The number of nitrogens with zero attached hydrogens (tertiary/aromatic N) is 3. The zero-order valence-corrected chi connectivity index (χ0v) is 16.9. The van der Waals surface area contributed by atoms with Gasteiger partial charge in [-0.1, -0.05) is 11.8 Å². The zero-order valence-electron chi connectivity index (χ0n) is 16.1. The van der Waals surface area contributed by atoms with Gasteiger partial charge >= 0.3 is 0 Å². The molecule has 0 aromatic carbocycles. The first kappa shape index (κ1) is 18.5. The van der Waals surface area contributed by atoms with Crippen LogP contribution in [0, 0.1) is 17.8 Å². The van der Waals surface area contributed by atoms with E-state index >= 15 is 0 Å². The van der Waals surface area contributed by atoms with E-state index in [2.05, 4.69) is 38.7 Å². The minimum atomic E-state index is -0.921. The second-order valence-corrected chi connectivity index (χ2v) is 9.76. The summed E-state index contributed by atoms with van der Waals surface area (Å²) in [6.45, 7) is 13.2. The number of hydrogen-bond acceptors (Lipinski definition) is 5. The smallest absolute Gasteiger partial charge is 0.120 e. The molecule has 0 saturated carbocycles. The molecule has 1 aromatic heterocycles. The average molecular weight is 374 g/mol. The SMILES string of the molecule is CC(C)(O)C#Cc1ccc(CN2CCN([C@H]3CN4CCC3CC4)CC2)s1. The van der Waals surface area contributed by atoms with Crippen molar-refractivity contribution in [1.82, 2.24) is 14.7 Å². The number of piperazine rings is 1. The van der Waals surface area contributed by atoms with E-state index < -0.39 is 5.60 Å². The molecule has 4 aliphatic heterocycles. The average Bonchev–Trinajstić information content (AvgIpc) is 3.08.